The van der Waals surface area contributed by atoms with Gasteiger partial charge < -0.3 is 10.0 Å². The Balaban J connectivity index is 2.30. The number of nitrogens with zero attached hydrogens (tertiary/aromatic N) is 3. The number of benzene rings is 1. The average Bonchev–Trinajstić information content (AvgIpc) is 2.52. The molecule has 0 radical (unpaired) electrons. The minimum atomic E-state index is -0.181. The minimum Gasteiger partial charge on any atom is -0.396 e. The lowest BCUT2D eigenvalue weighted by Crippen LogP contribution is -2.32. The molecule has 2 rings (SSSR count). The van der Waals surface area contributed by atoms with Crippen LogP contribution in [0.4, 0.5) is 0 Å². The molecule has 116 valence electrons. The number of rotatable bonds is 5. The number of aryl methyl sites for hydroxylation is 2. The minimum absolute atomic E-state index is 0.0144. The first kappa shape index (κ1) is 16.1. The van der Waals surface area contributed by atoms with Crippen LogP contribution in [0.15, 0.2) is 36.5 Å². The smallest absolute Gasteiger partial charge is 0.257 e. The normalized spacial score (nSPS) is 12.0. The van der Waals surface area contributed by atoms with Crippen molar-refractivity contribution < 1.29 is 9.90 Å². The number of carbonyl (C=O) groups is 1. The van der Waals surface area contributed by atoms with Gasteiger partial charge in [-0.3, -0.25) is 4.79 Å². The molecule has 1 N–H and O–H groups in total. The molecule has 0 aliphatic rings. The fourth-order valence-electron chi connectivity index (χ4n) is 2.51. The molecule has 2 aromatic rings. The van der Waals surface area contributed by atoms with Gasteiger partial charge in [0.05, 0.1) is 17.3 Å². The predicted octanol–water partition coefficient (Wildman–Crippen LogP) is 2.29. The molecular formula is C17H21N3O2. The maximum atomic E-state index is 12.7. The molecule has 0 fully saturated rings. The number of hydrogen-bond acceptors (Lipinski definition) is 4. The average molecular weight is 299 g/mol. The van der Waals surface area contributed by atoms with Crippen LogP contribution in [0.1, 0.15) is 39.9 Å². The van der Waals surface area contributed by atoms with E-state index in [1.165, 1.54) is 0 Å². The van der Waals surface area contributed by atoms with Gasteiger partial charge in [0.2, 0.25) is 0 Å². The zero-order chi connectivity index (χ0) is 16.1. The van der Waals surface area contributed by atoms with Crippen LogP contribution in [-0.2, 0) is 0 Å². The second-order valence-electron chi connectivity index (χ2n) is 5.27. The molecule has 0 spiro atoms. The van der Waals surface area contributed by atoms with E-state index in [1.54, 1.807) is 32.0 Å². The third kappa shape index (κ3) is 3.49. The molecule has 1 unspecified atom stereocenters. The van der Waals surface area contributed by atoms with Crippen LogP contribution in [0.25, 0.3) is 0 Å². The van der Waals surface area contributed by atoms with Crippen molar-refractivity contribution in [1.82, 2.24) is 14.9 Å². The highest BCUT2D eigenvalue weighted by atomic mass is 16.3. The van der Waals surface area contributed by atoms with Crippen molar-refractivity contribution in [2.24, 2.45) is 0 Å². The van der Waals surface area contributed by atoms with Crippen LogP contribution in [0.3, 0.4) is 0 Å². The fourth-order valence-corrected chi connectivity index (χ4v) is 2.51. The van der Waals surface area contributed by atoms with E-state index in [9.17, 15) is 9.90 Å². The number of amides is 1. The molecule has 1 heterocycles. The van der Waals surface area contributed by atoms with E-state index >= 15 is 0 Å². The van der Waals surface area contributed by atoms with E-state index in [-0.39, 0.29) is 18.6 Å². The largest absolute Gasteiger partial charge is 0.396 e. The molecule has 1 atom stereocenters. The van der Waals surface area contributed by atoms with Gasteiger partial charge in [-0.2, -0.15) is 0 Å². The van der Waals surface area contributed by atoms with Crippen molar-refractivity contribution in [3.05, 3.63) is 59.2 Å². The van der Waals surface area contributed by atoms with Gasteiger partial charge in [0.25, 0.3) is 5.91 Å². The summed E-state index contributed by atoms with van der Waals surface area (Å²) in [5, 5.41) is 9.33. The van der Waals surface area contributed by atoms with Gasteiger partial charge in [0, 0.05) is 19.9 Å². The Hall–Kier alpha value is -2.27. The Morgan fingerprint density at radius 1 is 1.27 bits per heavy atom. The number of carbonyl (C=O) groups excluding carboxylic acids is 1. The molecule has 0 aliphatic heterocycles. The lowest BCUT2D eigenvalue weighted by atomic mass is 10.0. The van der Waals surface area contributed by atoms with Crippen molar-refractivity contribution in [3.63, 3.8) is 0 Å². The summed E-state index contributed by atoms with van der Waals surface area (Å²) in [7, 11) is 1.74. The first-order valence-electron chi connectivity index (χ1n) is 7.27. The van der Waals surface area contributed by atoms with Crippen molar-refractivity contribution >= 4 is 5.91 Å². The summed E-state index contributed by atoms with van der Waals surface area (Å²) in [6.45, 7) is 3.61. The maximum absolute atomic E-state index is 12.7. The highest BCUT2D eigenvalue weighted by Gasteiger charge is 2.24. The van der Waals surface area contributed by atoms with Gasteiger partial charge in [0.15, 0.2) is 0 Å². The number of aliphatic hydroxyl groups is 1. The van der Waals surface area contributed by atoms with E-state index in [0.29, 0.717) is 23.5 Å². The lowest BCUT2D eigenvalue weighted by Gasteiger charge is -2.28. The Bertz CT molecular complexity index is 644. The Labute approximate surface area is 130 Å². The molecular weight excluding hydrogens is 278 g/mol. The van der Waals surface area contributed by atoms with Gasteiger partial charge >= 0.3 is 0 Å². The Kier molecular flexibility index (Phi) is 5.22. The summed E-state index contributed by atoms with van der Waals surface area (Å²) in [5.74, 6) is 0.506. The molecule has 1 aromatic heterocycles. The summed E-state index contributed by atoms with van der Waals surface area (Å²) < 4.78 is 0. The number of hydrogen-bond donors (Lipinski definition) is 1. The van der Waals surface area contributed by atoms with E-state index in [0.717, 1.165) is 5.56 Å². The third-order valence-electron chi connectivity index (χ3n) is 3.70. The summed E-state index contributed by atoms with van der Waals surface area (Å²) in [6.07, 6.45) is 2.05. The van der Waals surface area contributed by atoms with Crippen molar-refractivity contribution in [1.29, 1.82) is 0 Å². The third-order valence-corrected chi connectivity index (χ3v) is 3.70. The first-order chi connectivity index (χ1) is 10.5. The molecule has 22 heavy (non-hydrogen) atoms. The first-order valence-corrected chi connectivity index (χ1v) is 7.27. The molecule has 0 saturated carbocycles. The highest BCUT2D eigenvalue weighted by Crippen LogP contribution is 2.24. The summed E-state index contributed by atoms with van der Waals surface area (Å²) in [6, 6.07) is 9.53. The SMILES string of the molecule is Cc1ncc(C(=O)N(C)C(CCO)c2ccccc2)c(C)n1. The number of aromatic nitrogens is 2. The number of aliphatic hydroxyl groups excluding tert-OH is 1. The molecule has 5 heteroatoms. The zero-order valence-electron chi connectivity index (χ0n) is 13.2. The van der Waals surface area contributed by atoms with E-state index in [2.05, 4.69) is 9.97 Å². The Morgan fingerprint density at radius 2 is 1.95 bits per heavy atom. The van der Waals surface area contributed by atoms with Gasteiger partial charge in [-0.15, -0.1) is 0 Å². The van der Waals surface area contributed by atoms with Crippen molar-refractivity contribution in [3.8, 4) is 0 Å². The van der Waals surface area contributed by atoms with E-state index in [1.807, 2.05) is 30.3 Å². The van der Waals surface area contributed by atoms with Crippen LogP contribution < -0.4 is 0 Å². The summed E-state index contributed by atoms with van der Waals surface area (Å²) in [4.78, 5) is 22.7. The topological polar surface area (TPSA) is 66.3 Å². The zero-order valence-corrected chi connectivity index (χ0v) is 13.2. The second kappa shape index (κ2) is 7.13. The molecule has 0 bridgehead atoms. The van der Waals surface area contributed by atoms with Crippen molar-refractivity contribution in [2.75, 3.05) is 13.7 Å². The Morgan fingerprint density at radius 3 is 2.55 bits per heavy atom. The summed E-state index contributed by atoms with van der Waals surface area (Å²) >= 11 is 0. The van der Waals surface area contributed by atoms with Gasteiger partial charge in [0.1, 0.15) is 5.82 Å². The predicted molar refractivity (Wildman–Crippen MR) is 84.5 cm³/mol. The standard InChI is InChI=1S/C17H21N3O2/c1-12-15(11-18-13(2)19-12)17(22)20(3)16(9-10-21)14-7-5-4-6-8-14/h4-8,11,16,21H,9-10H2,1-3H3. The quantitative estimate of drug-likeness (QED) is 0.920. The molecule has 1 aromatic carbocycles. The van der Waals surface area contributed by atoms with Crippen LogP contribution in [-0.4, -0.2) is 39.5 Å². The van der Waals surface area contributed by atoms with Crippen LogP contribution >= 0.6 is 0 Å². The van der Waals surface area contributed by atoms with Gasteiger partial charge in [-0.05, 0) is 25.8 Å². The fraction of sp³-hybridized carbons (Fsp3) is 0.353. The summed E-state index contributed by atoms with van der Waals surface area (Å²) in [5.41, 5.74) is 2.16. The highest BCUT2D eigenvalue weighted by molar-refractivity contribution is 5.95. The van der Waals surface area contributed by atoms with Gasteiger partial charge in [-0.1, -0.05) is 30.3 Å². The molecule has 0 aliphatic carbocycles. The monoisotopic (exact) mass is 299 g/mol. The molecule has 1 amide bonds. The maximum Gasteiger partial charge on any atom is 0.257 e. The van der Waals surface area contributed by atoms with Crippen molar-refractivity contribution in [2.45, 2.75) is 26.3 Å². The van der Waals surface area contributed by atoms with Crippen LogP contribution in [0.5, 0.6) is 0 Å². The van der Waals surface area contributed by atoms with Crippen LogP contribution in [0.2, 0.25) is 0 Å². The lowest BCUT2D eigenvalue weighted by molar-refractivity contribution is 0.0703. The van der Waals surface area contributed by atoms with Crippen LogP contribution in [0, 0.1) is 13.8 Å². The molecule has 0 saturated heterocycles. The van der Waals surface area contributed by atoms with Gasteiger partial charge in [-0.25, -0.2) is 9.97 Å². The second-order valence-corrected chi connectivity index (χ2v) is 5.27. The molecule has 5 nitrogen and oxygen atoms in total. The van der Waals surface area contributed by atoms with E-state index < -0.39 is 0 Å². The van der Waals surface area contributed by atoms with E-state index in [4.69, 9.17) is 0 Å².